The van der Waals surface area contributed by atoms with Gasteiger partial charge in [-0.15, -0.1) is 11.3 Å². The van der Waals surface area contributed by atoms with Gasteiger partial charge in [-0.25, -0.2) is 4.98 Å². The average molecular weight is 323 g/mol. The van der Waals surface area contributed by atoms with E-state index in [1.54, 1.807) is 17.4 Å². The van der Waals surface area contributed by atoms with Crippen LogP contribution in [-0.4, -0.2) is 20.2 Å². The third-order valence-corrected chi connectivity index (χ3v) is 4.53. The van der Waals surface area contributed by atoms with Crippen molar-refractivity contribution in [2.75, 3.05) is 5.73 Å². The number of aromatic nitrogens is 4. The van der Waals surface area contributed by atoms with Crippen LogP contribution in [0.4, 0.5) is 5.82 Å². The van der Waals surface area contributed by atoms with Gasteiger partial charge in [-0.1, -0.05) is 18.2 Å². The van der Waals surface area contributed by atoms with E-state index in [1.807, 2.05) is 35.7 Å². The Bertz CT molecular complexity index is 1030. The van der Waals surface area contributed by atoms with Crippen LogP contribution in [0.1, 0.15) is 10.6 Å². The summed E-state index contributed by atoms with van der Waals surface area (Å²) in [6.45, 7) is 0. The van der Waals surface area contributed by atoms with Crippen LogP contribution >= 0.6 is 11.3 Å². The topological polar surface area (TPSA) is 100 Å². The minimum atomic E-state index is -0.187. The fourth-order valence-electron chi connectivity index (χ4n) is 2.58. The molecule has 0 spiro atoms. The molecule has 114 valence electrons. The Kier molecular flexibility index (Phi) is 3.20. The molecular weight excluding hydrogens is 310 g/mol. The second-order valence-corrected chi connectivity index (χ2v) is 6.18. The summed E-state index contributed by atoms with van der Waals surface area (Å²) in [6, 6.07) is 11.3. The molecule has 6 nitrogen and oxygen atoms in total. The lowest BCUT2D eigenvalue weighted by molar-refractivity contribution is 1.01. The molecular formula is C16H13N5OS. The first-order valence-corrected chi connectivity index (χ1v) is 7.95. The number of aromatic amines is 2. The van der Waals surface area contributed by atoms with Crippen LogP contribution in [0.3, 0.4) is 0 Å². The molecule has 0 amide bonds. The summed E-state index contributed by atoms with van der Waals surface area (Å²) >= 11 is 1.66. The van der Waals surface area contributed by atoms with Crippen LogP contribution in [-0.2, 0) is 6.42 Å². The standard InChI is InChI=1S/C16H13N5OS/c17-14-13(12(20-21-14)8-9-4-3-7-23-9)15-18-11-6-2-1-5-10(11)16(22)19-15/h1-7H,8H2,(H3,17,20,21)(H,18,19,22). The highest BCUT2D eigenvalue weighted by molar-refractivity contribution is 7.09. The number of anilines is 1. The number of hydrogen-bond acceptors (Lipinski definition) is 5. The van der Waals surface area contributed by atoms with Crippen LogP contribution in [0.5, 0.6) is 0 Å². The Morgan fingerprint density at radius 3 is 2.87 bits per heavy atom. The van der Waals surface area contributed by atoms with Crippen molar-refractivity contribution >= 4 is 28.1 Å². The van der Waals surface area contributed by atoms with Crippen molar-refractivity contribution in [1.29, 1.82) is 0 Å². The fourth-order valence-corrected chi connectivity index (χ4v) is 3.30. The molecule has 4 aromatic rings. The molecule has 1 aromatic carbocycles. The first-order chi connectivity index (χ1) is 11.2. The molecule has 23 heavy (non-hydrogen) atoms. The molecule has 7 heteroatoms. The number of benzene rings is 1. The maximum Gasteiger partial charge on any atom is 0.259 e. The maximum atomic E-state index is 12.3. The summed E-state index contributed by atoms with van der Waals surface area (Å²) in [5.74, 6) is 0.765. The lowest BCUT2D eigenvalue weighted by Crippen LogP contribution is -2.10. The predicted molar refractivity (Wildman–Crippen MR) is 91.5 cm³/mol. The smallest absolute Gasteiger partial charge is 0.259 e. The molecule has 0 bridgehead atoms. The van der Waals surface area contributed by atoms with E-state index in [4.69, 9.17) is 5.73 Å². The zero-order valence-electron chi connectivity index (χ0n) is 12.0. The molecule has 0 aliphatic rings. The second kappa shape index (κ2) is 5.36. The summed E-state index contributed by atoms with van der Waals surface area (Å²) in [4.78, 5) is 20.8. The van der Waals surface area contributed by atoms with Crippen molar-refractivity contribution in [1.82, 2.24) is 20.2 Å². The number of para-hydroxylation sites is 1. The molecule has 0 aliphatic heterocycles. The molecule has 0 unspecified atom stereocenters. The van der Waals surface area contributed by atoms with Crippen LogP contribution in [0.15, 0.2) is 46.6 Å². The maximum absolute atomic E-state index is 12.3. The number of hydrogen-bond donors (Lipinski definition) is 3. The summed E-state index contributed by atoms with van der Waals surface area (Å²) < 4.78 is 0. The van der Waals surface area contributed by atoms with E-state index in [0.29, 0.717) is 34.5 Å². The van der Waals surface area contributed by atoms with Crippen molar-refractivity contribution in [3.63, 3.8) is 0 Å². The van der Waals surface area contributed by atoms with Crippen LogP contribution in [0.2, 0.25) is 0 Å². The monoisotopic (exact) mass is 323 g/mol. The van der Waals surface area contributed by atoms with Crippen molar-refractivity contribution in [3.05, 3.63) is 62.7 Å². The normalized spacial score (nSPS) is 11.1. The Hall–Kier alpha value is -2.93. The second-order valence-electron chi connectivity index (χ2n) is 5.15. The first kappa shape index (κ1) is 13.7. The van der Waals surface area contributed by atoms with Gasteiger partial charge >= 0.3 is 0 Å². The van der Waals surface area contributed by atoms with Gasteiger partial charge in [0.05, 0.1) is 22.2 Å². The van der Waals surface area contributed by atoms with Gasteiger partial charge < -0.3 is 10.7 Å². The summed E-state index contributed by atoms with van der Waals surface area (Å²) in [5.41, 5.74) is 7.93. The van der Waals surface area contributed by atoms with Crippen LogP contribution < -0.4 is 11.3 Å². The molecule has 0 saturated heterocycles. The van der Waals surface area contributed by atoms with Crippen molar-refractivity contribution in [2.45, 2.75) is 6.42 Å². The minimum absolute atomic E-state index is 0.187. The fraction of sp³-hybridized carbons (Fsp3) is 0.0625. The molecule has 0 radical (unpaired) electrons. The van der Waals surface area contributed by atoms with Gasteiger partial charge in [-0.2, -0.15) is 5.10 Å². The van der Waals surface area contributed by atoms with E-state index in [1.165, 1.54) is 4.88 Å². The molecule has 0 saturated carbocycles. The highest BCUT2D eigenvalue weighted by Gasteiger charge is 2.17. The van der Waals surface area contributed by atoms with E-state index in [9.17, 15) is 4.79 Å². The first-order valence-electron chi connectivity index (χ1n) is 7.07. The third-order valence-electron chi connectivity index (χ3n) is 3.65. The average Bonchev–Trinajstić information content (AvgIpc) is 3.18. The zero-order chi connectivity index (χ0) is 15.8. The molecule has 0 atom stereocenters. The summed E-state index contributed by atoms with van der Waals surface area (Å²) in [7, 11) is 0. The molecule has 0 aliphatic carbocycles. The van der Waals surface area contributed by atoms with Gasteiger partial charge in [0, 0.05) is 11.3 Å². The van der Waals surface area contributed by atoms with Gasteiger partial charge in [0.25, 0.3) is 5.56 Å². The largest absolute Gasteiger partial charge is 0.382 e. The Labute approximate surface area is 135 Å². The third kappa shape index (κ3) is 2.40. The Morgan fingerprint density at radius 2 is 2.04 bits per heavy atom. The molecule has 4 rings (SSSR count). The van der Waals surface area contributed by atoms with E-state index < -0.39 is 0 Å². The molecule has 3 aromatic heterocycles. The minimum Gasteiger partial charge on any atom is -0.382 e. The quantitative estimate of drug-likeness (QED) is 0.539. The van der Waals surface area contributed by atoms with E-state index in [0.717, 1.165) is 5.69 Å². The lowest BCUT2D eigenvalue weighted by atomic mass is 10.1. The number of rotatable bonds is 3. The van der Waals surface area contributed by atoms with Gasteiger partial charge in [0.1, 0.15) is 5.82 Å². The van der Waals surface area contributed by atoms with E-state index in [-0.39, 0.29) is 5.56 Å². The van der Waals surface area contributed by atoms with Gasteiger partial charge in [0.15, 0.2) is 5.82 Å². The predicted octanol–water partition coefficient (Wildman–Crippen LogP) is 2.55. The van der Waals surface area contributed by atoms with E-state index in [2.05, 4.69) is 20.2 Å². The Balaban J connectivity index is 1.88. The molecule has 3 heterocycles. The van der Waals surface area contributed by atoms with Crippen LogP contribution in [0, 0.1) is 0 Å². The highest BCUT2D eigenvalue weighted by atomic mass is 32.1. The Morgan fingerprint density at radius 1 is 1.17 bits per heavy atom. The highest BCUT2D eigenvalue weighted by Crippen LogP contribution is 2.27. The molecule has 4 N–H and O–H groups in total. The molecule has 0 fully saturated rings. The van der Waals surface area contributed by atoms with Crippen molar-refractivity contribution < 1.29 is 0 Å². The van der Waals surface area contributed by atoms with Gasteiger partial charge in [-0.3, -0.25) is 9.89 Å². The van der Waals surface area contributed by atoms with Gasteiger partial charge in [-0.05, 0) is 23.6 Å². The lowest BCUT2D eigenvalue weighted by Gasteiger charge is -2.04. The number of thiophene rings is 1. The van der Waals surface area contributed by atoms with E-state index >= 15 is 0 Å². The zero-order valence-corrected chi connectivity index (χ0v) is 12.9. The number of nitrogens with zero attached hydrogens (tertiary/aromatic N) is 2. The SMILES string of the molecule is Nc1n[nH]c(Cc2cccs2)c1-c1nc2ccccc2c(=O)[nH]1. The summed E-state index contributed by atoms with van der Waals surface area (Å²) in [5, 5.41) is 9.60. The summed E-state index contributed by atoms with van der Waals surface area (Å²) in [6.07, 6.45) is 0.660. The van der Waals surface area contributed by atoms with Gasteiger partial charge in [0.2, 0.25) is 0 Å². The number of nitrogen functional groups attached to an aromatic ring is 1. The number of nitrogens with one attached hydrogen (secondary N) is 2. The van der Waals surface area contributed by atoms with Crippen LogP contribution in [0.25, 0.3) is 22.3 Å². The van der Waals surface area contributed by atoms with Crippen molar-refractivity contribution in [2.24, 2.45) is 0 Å². The number of nitrogens with two attached hydrogens (primary N) is 1. The number of fused-ring (bicyclic) bond motifs is 1. The van der Waals surface area contributed by atoms with Crippen molar-refractivity contribution in [3.8, 4) is 11.4 Å². The number of H-pyrrole nitrogens is 2.